The first-order valence-corrected chi connectivity index (χ1v) is 8.83. The van der Waals surface area contributed by atoms with Crippen LogP contribution in [0.3, 0.4) is 0 Å². The number of hydrogen-bond donors (Lipinski definition) is 2. The molecule has 0 spiro atoms. The fourth-order valence-electron chi connectivity index (χ4n) is 2.25. The predicted octanol–water partition coefficient (Wildman–Crippen LogP) is 2.20. The van der Waals surface area contributed by atoms with E-state index < -0.39 is 15.9 Å². The van der Waals surface area contributed by atoms with Crippen molar-refractivity contribution in [1.29, 1.82) is 0 Å². The van der Waals surface area contributed by atoms with Gasteiger partial charge in [0.25, 0.3) is 15.9 Å². The van der Waals surface area contributed by atoms with Crippen molar-refractivity contribution in [2.75, 3.05) is 12.4 Å². The van der Waals surface area contributed by atoms with Crippen LogP contribution in [0.2, 0.25) is 0 Å². The Kier molecular flexibility index (Phi) is 3.61. The fourth-order valence-corrected chi connectivity index (χ4v) is 4.31. The minimum absolute atomic E-state index is 0. The number of aromatic nitrogens is 1. The minimum Gasteiger partial charge on any atom is -0.505 e. The van der Waals surface area contributed by atoms with Crippen molar-refractivity contribution in [2.45, 2.75) is 11.8 Å². The van der Waals surface area contributed by atoms with Gasteiger partial charge in [0.1, 0.15) is 0 Å². The highest BCUT2D eigenvalue weighted by Gasteiger charge is 2.37. The summed E-state index contributed by atoms with van der Waals surface area (Å²) >= 11 is 1.25. The topological polar surface area (TPSA) is 99.6 Å². The average molecular weight is 353 g/mol. The highest BCUT2D eigenvalue weighted by Crippen LogP contribution is 2.34. The number of anilines is 1. The molecule has 122 valence electrons. The van der Waals surface area contributed by atoms with Gasteiger partial charge >= 0.3 is 0 Å². The van der Waals surface area contributed by atoms with Crippen LogP contribution in [0.1, 0.15) is 11.9 Å². The molecule has 2 aromatic rings. The summed E-state index contributed by atoms with van der Waals surface area (Å²) in [7, 11) is -2.67. The molecule has 0 fully saturated rings. The number of aryl methyl sites for hydroxylation is 1. The number of amides is 1. The zero-order chi connectivity index (χ0) is 16.8. The van der Waals surface area contributed by atoms with E-state index in [2.05, 4.69) is 10.3 Å². The van der Waals surface area contributed by atoms with Gasteiger partial charge in [0.2, 0.25) is 0 Å². The van der Waals surface area contributed by atoms with Gasteiger partial charge in [-0.25, -0.2) is 13.4 Å². The molecule has 1 aliphatic heterocycles. The molecule has 0 bridgehead atoms. The van der Waals surface area contributed by atoms with E-state index in [1.54, 1.807) is 18.3 Å². The van der Waals surface area contributed by atoms with Crippen molar-refractivity contribution in [3.05, 3.63) is 46.6 Å². The van der Waals surface area contributed by atoms with Crippen molar-refractivity contribution >= 4 is 38.2 Å². The number of nitrogens with zero attached hydrogens (tertiary/aromatic N) is 2. The molecule has 1 amide bonds. The van der Waals surface area contributed by atoms with E-state index in [-0.39, 0.29) is 23.3 Å². The second-order valence-corrected chi connectivity index (χ2v) is 8.07. The second kappa shape index (κ2) is 5.36. The zero-order valence-electron chi connectivity index (χ0n) is 12.3. The van der Waals surface area contributed by atoms with Gasteiger partial charge < -0.3 is 5.11 Å². The Morgan fingerprint density at radius 2 is 2.09 bits per heavy atom. The first-order valence-electron chi connectivity index (χ1n) is 6.57. The molecule has 7 nitrogen and oxygen atoms in total. The van der Waals surface area contributed by atoms with Gasteiger partial charge in [0.05, 0.1) is 4.90 Å². The monoisotopic (exact) mass is 353 g/mol. The van der Waals surface area contributed by atoms with E-state index in [0.29, 0.717) is 5.13 Å². The van der Waals surface area contributed by atoms with Gasteiger partial charge in [0, 0.05) is 25.1 Å². The first-order chi connectivity index (χ1) is 10.8. The SMILES string of the molecule is Cc1cnc(NC(=O)C2=C(O)c3ccccc3S(=O)(=O)N2C)s1.[HH]. The van der Waals surface area contributed by atoms with Crippen LogP contribution in [-0.4, -0.2) is 35.8 Å². The quantitative estimate of drug-likeness (QED) is 0.862. The number of fused-ring (bicyclic) bond motifs is 1. The molecule has 2 heterocycles. The molecule has 0 saturated heterocycles. The number of rotatable bonds is 2. The Bertz CT molecular complexity index is 937. The largest absolute Gasteiger partial charge is 0.505 e. The summed E-state index contributed by atoms with van der Waals surface area (Å²) in [6.45, 7) is 1.83. The molecule has 0 unspecified atom stereocenters. The molecule has 0 radical (unpaired) electrons. The first kappa shape index (κ1) is 15.5. The van der Waals surface area contributed by atoms with Crippen LogP contribution in [0, 0.1) is 6.92 Å². The molecule has 3 rings (SSSR count). The number of aliphatic hydroxyl groups is 1. The standard InChI is InChI=1S/C14H13N3O4S2.H2/c1-8-7-15-14(22-8)16-13(19)11-12(18)9-5-3-4-6-10(9)23(20,21)17(11)2;/h3-7,18H,1-2H3,(H,15,16,19);1H. The fraction of sp³-hybridized carbons (Fsp3) is 0.143. The third-order valence-corrected chi connectivity index (χ3v) is 6.02. The van der Waals surface area contributed by atoms with Crippen molar-refractivity contribution < 1.29 is 19.7 Å². The zero-order valence-corrected chi connectivity index (χ0v) is 13.9. The third kappa shape index (κ3) is 2.47. The highest BCUT2D eigenvalue weighted by atomic mass is 32.2. The van der Waals surface area contributed by atoms with Crippen molar-refractivity contribution in [3.63, 3.8) is 0 Å². The van der Waals surface area contributed by atoms with E-state index in [1.807, 2.05) is 6.92 Å². The molecule has 2 N–H and O–H groups in total. The van der Waals surface area contributed by atoms with Gasteiger partial charge in [-0.3, -0.25) is 14.4 Å². The maximum absolute atomic E-state index is 12.5. The molecular weight excluding hydrogens is 338 g/mol. The molecule has 1 aromatic carbocycles. The number of nitrogens with one attached hydrogen (secondary N) is 1. The van der Waals surface area contributed by atoms with Crippen LogP contribution in [0.5, 0.6) is 0 Å². The lowest BCUT2D eigenvalue weighted by Crippen LogP contribution is -2.37. The maximum Gasteiger partial charge on any atom is 0.278 e. The number of thiazole rings is 1. The van der Waals surface area contributed by atoms with Crippen LogP contribution < -0.4 is 5.32 Å². The van der Waals surface area contributed by atoms with E-state index >= 15 is 0 Å². The van der Waals surface area contributed by atoms with Gasteiger partial charge in [-0.1, -0.05) is 12.1 Å². The van der Waals surface area contributed by atoms with Crippen molar-refractivity contribution in [2.24, 2.45) is 0 Å². The second-order valence-electron chi connectivity index (χ2n) is 4.90. The number of likely N-dealkylation sites (N-methyl/N-ethyl adjacent to an activating group) is 1. The van der Waals surface area contributed by atoms with Crippen LogP contribution in [-0.2, 0) is 14.8 Å². The Hall–Kier alpha value is -2.39. The smallest absolute Gasteiger partial charge is 0.278 e. The van der Waals surface area contributed by atoms with Crippen LogP contribution in [0.4, 0.5) is 5.13 Å². The number of aliphatic hydroxyl groups excluding tert-OH is 1. The molecular formula is C14H15N3O4S2. The van der Waals surface area contributed by atoms with Crippen molar-refractivity contribution in [3.8, 4) is 0 Å². The van der Waals surface area contributed by atoms with Gasteiger partial charge in [-0.05, 0) is 19.1 Å². The Labute approximate surface area is 138 Å². The Morgan fingerprint density at radius 3 is 2.74 bits per heavy atom. The van der Waals surface area contributed by atoms with Gasteiger partial charge in [-0.15, -0.1) is 11.3 Å². The van der Waals surface area contributed by atoms with Crippen LogP contribution >= 0.6 is 11.3 Å². The molecule has 0 aliphatic carbocycles. The minimum atomic E-state index is -3.90. The summed E-state index contributed by atoms with van der Waals surface area (Å²) in [5.41, 5.74) is -0.234. The lowest BCUT2D eigenvalue weighted by Gasteiger charge is -2.28. The molecule has 23 heavy (non-hydrogen) atoms. The number of carbonyl (C=O) groups excluding carboxylic acids is 1. The van der Waals surface area contributed by atoms with Gasteiger partial charge in [-0.2, -0.15) is 0 Å². The van der Waals surface area contributed by atoms with Gasteiger partial charge in [0.15, 0.2) is 16.6 Å². The van der Waals surface area contributed by atoms with E-state index in [9.17, 15) is 18.3 Å². The number of sulfonamides is 1. The predicted molar refractivity (Wildman–Crippen MR) is 88.5 cm³/mol. The number of carbonyl (C=O) groups is 1. The Balaban J connectivity index is 0.00000208. The summed E-state index contributed by atoms with van der Waals surface area (Å²) < 4.78 is 25.8. The summed E-state index contributed by atoms with van der Waals surface area (Å²) in [4.78, 5) is 17.3. The third-order valence-electron chi connectivity index (χ3n) is 3.38. The lowest BCUT2D eigenvalue weighted by molar-refractivity contribution is -0.113. The molecule has 0 atom stereocenters. The molecule has 1 aromatic heterocycles. The van der Waals surface area contributed by atoms with E-state index in [4.69, 9.17) is 0 Å². The summed E-state index contributed by atoms with van der Waals surface area (Å²) in [6, 6.07) is 5.99. The lowest BCUT2D eigenvalue weighted by atomic mass is 10.1. The molecule has 9 heteroatoms. The summed E-state index contributed by atoms with van der Waals surface area (Å²) in [6.07, 6.45) is 1.59. The van der Waals surface area contributed by atoms with E-state index in [1.165, 1.54) is 30.5 Å². The van der Waals surface area contributed by atoms with Crippen LogP contribution in [0.25, 0.3) is 5.76 Å². The number of benzene rings is 1. The Morgan fingerprint density at radius 1 is 1.39 bits per heavy atom. The normalized spacial score (nSPS) is 16.2. The highest BCUT2D eigenvalue weighted by molar-refractivity contribution is 7.89. The average Bonchev–Trinajstić information content (AvgIpc) is 2.91. The summed E-state index contributed by atoms with van der Waals surface area (Å²) in [5, 5.41) is 13.2. The molecule has 0 saturated carbocycles. The van der Waals surface area contributed by atoms with Crippen molar-refractivity contribution in [1.82, 2.24) is 9.29 Å². The van der Waals surface area contributed by atoms with Crippen LogP contribution in [0.15, 0.2) is 41.1 Å². The maximum atomic E-state index is 12.5. The number of hydrogen-bond acceptors (Lipinski definition) is 6. The molecule has 1 aliphatic rings. The van der Waals surface area contributed by atoms with E-state index in [0.717, 1.165) is 9.18 Å². The summed E-state index contributed by atoms with van der Waals surface area (Å²) in [5.74, 6) is -1.12.